The zero-order chi connectivity index (χ0) is 15.5. The second kappa shape index (κ2) is 6.58. The molecule has 0 aliphatic heterocycles. The third-order valence-electron chi connectivity index (χ3n) is 3.36. The molecule has 1 aromatic carbocycles. The summed E-state index contributed by atoms with van der Waals surface area (Å²) in [7, 11) is 0. The van der Waals surface area contributed by atoms with Crippen molar-refractivity contribution in [2.24, 2.45) is 10.2 Å². The standard InChI is InChI=1S/C15H15BrN4OS/c1-2-3-7-20-12-5-4-10(16)9-11(12)13(14(20)21)18-19-15-17-6-8-22-15/h4-6,8-9,21H,2-3,7H2,1H3. The number of halogens is 1. The molecule has 22 heavy (non-hydrogen) atoms. The molecule has 0 aliphatic carbocycles. The van der Waals surface area contributed by atoms with E-state index in [1.165, 1.54) is 11.3 Å². The summed E-state index contributed by atoms with van der Waals surface area (Å²) in [4.78, 5) is 4.08. The van der Waals surface area contributed by atoms with Crippen LogP contribution in [0.15, 0.2) is 44.5 Å². The quantitative estimate of drug-likeness (QED) is 0.571. The van der Waals surface area contributed by atoms with E-state index in [1.54, 1.807) is 6.20 Å². The minimum atomic E-state index is 0.154. The summed E-state index contributed by atoms with van der Waals surface area (Å²) in [6.07, 6.45) is 3.74. The first-order valence-electron chi connectivity index (χ1n) is 7.02. The fraction of sp³-hybridized carbons (Fsp3) is 0.267. The molecule has 3 aromatic rings. The van der Waals surface area contributed by atoms with Crippen LogP contribution in [-0.4, -0.2) is 14.7 Å². The van der Waals surface area contributed by atoms with Gasteiger partial charge in [0.05, 0.1) is 5.52 Å². The molecule has 0 saturated heterocycles. The van der Waals surface area contributed by atoms with Crippen molar-refractivity contribution < 1.29 is 5.11 Å². The molecule has 0 amide bonds. The van der Waals surface area contributed by atoms with Crippen LogP contribution in [0.1, 0.15) is 19.8 Å². The molecule has 5 nitrogen and oxygen atoms in total. The highest BCUT2D eigenvalue weighted by atomic mass is 79.9. The van der Waals surface area contributed by atoms with E-state index in [2.05, 4.69) is 38.1 Å². The number of fused-ring (bicyclic) bond motifs is 1. The van der Waals surface area contributed by atoms with Crippen molar-refractivity contribution in [2.45, 2.75) is 26.3 Å². The molecule has 0 aliphatic rings. The van der Waals surface area contributed by atoms with Gasteiger partial charge in [-0.25, -0.2) is 4.98 Å². The number of aromatic nitrogens is 2. The summed E-state index contributed by atoms with van der Waals surface area (Å²) >= 11 is 4.88. The number of hydrogen-bond donors (Lipinski definition) is 1. The van der Waals surface area contributed by atoms with E-state index in [0.29, 0.717) is 10.8 Å². The Kier molecular flexibility index (Phi) is 4.54. The number of aryl methyl sites for hydroxylation is 1. The maximum Gasteiger partial charge on any atom is 0.229 e. The Morgan fingerprint density at radius 3 is 2.95 bits per heavy atom. The number of rotatable bonds is 5. The molecule has 0 unspecified atom stereocenters. The fourth-order valence-electron chi connectivity index (χ4n) is 2.29. The monoisotopic (exact) mass is 378 g/mol. The minimum absolute atomic E-state index is 0.154. The number of unbranched alkanes of at least 4 members (excludes halogenated alkanes) is 1. The number of thiazole rings is 1. The lowest BCUT2D eigenvalue weighted by Crippen LogP contribution is -1.96. The Balaban J connectivity index is 2.11. The fourth-order valence-corrected chi connectivity index (χ4v) is 3.11. The summed E-state index contributed by atoms with van der Waals surface area (Å²) in [6, 6.07) is 5.90. The van der Waals surface area contributed by atoms with Crippen LogP contribution in [0.2, 0.25) is 0 Å². The number of nitrogens with zero attached hydrogens (tertiary/aromatic N) is 4. The Morgan fingerprint density at radius 1 is 1.36 bits per heavy atom. The van der Waals surface area contributed by atoms with Gasteiger partial charge >= 0.3 is 0 Å². The average molecular weight is 379 g/mol. The van der Waals surface area contributed by atoms with Gasteiger partial charge in [0.2, 0.25) is 11.0 Å². The Hall–Kier alpha value is -1.73. The second-order valence-electron chi connectivity index (χ2n) is 4.85. The second-order valence-corrected chi connectivity index (χ2v) is 6.64. The van der Waals surface area contributed by atoms with Gasteiger partial charge in [-0.3, -0.25) is 0 Å². The van der Waals surface area contributed by atoms with Gasteiger partial charge in [0.15, 0.2) is 5.69 Å². The van der Waals surface area contributed by atoms with E-state index in [9.17, 15) is 5.11 Å². The zero-order valence-electron chi connectivity index (χ0n) is 12.0. The van der Waals surface area contributed by atoms with E-state index in [-0.39, 0.29) is 5.88 Å². The van der Waals surface area contributed by atoms with Gasteiger partial charge in [0, 0.05) is 28.0 Å². The molecule has 2 heterocycles. The highest BCUT2D eigenvalue weighted by molar-refractivity contribution is 9.10. The molecule has 0 saturated carbocycles. The summed E-state index contributed by atoms with van der Waals surface area (Å²) in [5.74, 6) is 0.154. The van der Waals surface area contributed by atoms with Crippen LogP contribution in [0.5, 0.6) is 5.88 Å². The first-order chi connectivity index (χ1) is 10.7. The minimum Gasteiger partial charge on any atom is -0.493 e. The topological polar surface area (TPSA) is 62.8 Å². The number of hydrogen-bond acceptors (Lipinski definition) is 5. The van der Waals surface area contributed by atoms with Crippen LogP contribution in [0.25, 0.3) is 10.9 Å². The molecule has 0 radical (unpaired) electrons. The van der Waals surface area contributed by atoms with E-state index in [0.717, 1.165) is 34.8 Å². The van der Waals surface area contributed by atoms with Crippen LogP contribution in [0.3, 0.4) is 0 Å². The molecule has 1 N–H and O–H groups in total. The molecule has 0 fully saturated rings. The van der Waals surface area contributed by atoms with Crippen molar-refractivity contribution in [3.8, 4) is 5.88 Å². The van der Waals surface area contributed by atoms with Gasteiger partial charge in [-0.1, -0.05) is 29.3 Å². The molecule has 0 bridgehead atoms. The van der Waals surface area contributed by atoms with Crippen LogP contribution < -0.4 is 0 Å². The van der Waals surface area contributed by atoms with E-state index in [4.69, 9.17) is 0 Å². The van der Waals surface area contributed by atoms with Crippen LogP contribution in [-0.2, 0) is 6.54 Å². The molecular weight excluding hydrogens is 364 g/mol. The average Bonchev–Trinajstić information content (AvgIpc) is 3.10. The number of azo groups is 1. The first kappa shape index (κ1) is 15.2. The summed E-state index contributed by atoms with van der Waals surface area (Å²) in [5, 5.41) is 22.2. The van der Waals surface area contributed by atoms with Crippen molar-refractivity contribution in [3.63, 3.8) is 0 Å². The van der Waals surface area contributed by atoms with Gasteiger partial charge in [0.1, 0.15) is 0 Å². The molecule has 0 spiro atoms. The zero-order valence-corrected chi connectivity index (χ0v) is 14.4. The maximum absolute atomic E-state index is 10.5. The van der Waals surface area contributed by atoms with E-state index in [1.807, 2.05) is 28.1 Å². The Labute approximate surface area is 140 Å². The van der Waals surface area contributed by atoms with Crippen LogP contribution in [0, 0.1) is 0 Å². The van der Waals surface area contributed by atoms with Crippen LogP contribution >= 0.6 is 27.3 Å². The Bertz CT molecular complexity index is 811. The predicted octanol–water partition coefficient (Wildman–Crippen LogP) is 5.78. The molecule has 3 rings (SSSR count). The summed E-state index contributed by atoms with van der Waals surface area (Å²) < 4.78 is 2.83. The van der Waals surface area contributed by atoms with Crippen molar-refractivity contribution in [2.75, 3.05) is 0 Å². The van der Waals surface area contributed by atoms with Gasteiger partial charge in [0.25, 0.3) is 0 Å². The van der Waals surface area contributed by atoms with Gasteiger partial charge < -0.3 is 9.67 Å². The Morgan fingerprint density at radius 2 is 2.23 bits per heavy atom. The maximum atomic E-state index is 10.5. The third-order valence-corrected chi connectivity index (χ3v) is 4.51. The normalized spacial score (nSPS) is 11.7. The van der Waals surface area contributed by atoms with Crippen molar-refractivity contribution in [1.82, 2.24) is 9.55 Å². The van der Waals surface area contributed by atoms with E-state index < -0.39 is 0 Å². The van der Waals surface area contributed by atoms with Gasteiger partial charge in [-0.2, -0.15) is 0 Å². The van der Waals surface area contributed by atoms with Gasteiger partial charge in [-0.15, -0.1) is 21.6 Å². The smallest absolute Gasteiger partial charge is 0.229 e. The predicted molar refractivity (Wildman–Crippen MR) is 92.5 cm³/mol. The van der Waals surface area contributed by atoms with Crippen LogP contribution in [0.4, 0.5) is 10.8 Å². The molecular formula is C15H15BrN4OS. The van der Waals surface area contributed by atoms with Gasteiger partial charge in [-0.05, 0) is 24.6 Å². The molecule has 7 heteroatoms. The van der Waals surface area contributed by atoms with Crippen molar-refractivity contribution in [3.05, 3.63) is 34.2 Å². The van der Waals surface area contributed by atoms with Crippen molar-refractivity contribution in [1.29, 1.82) is 0 Å². The highest BCUT2D eigenvalue weighted by Gasteiger charge is 2.16. The molecule has 0 atom stereocenters. The first-order valence-corrected chi connectivity index (χ1v) is 8.70. The SMILES string of the molecule is CCCCn1c(O)c(N=Nc2nccs2)c2cc(Br)ccc21. The molecule has 114 valence electrons. The molecule has 2 aromatic heterocycles. The van der Waals surface area contributed by atoms with E-state index >= 15 is 0 Å². The third kappa shape index (κ3) is 2.91. The summed E-state index contributed by atoms with van der Waals surface area (Å²) in [6.45, 7) is 2.88. The highest BCUT2D eigenvalue weighted by Crippen LogP contribution is 2.40. The lowest BCUT2D eigenvalue weighted by molar-refractivity contribution is 0.418. The van der Waals surface area contributed by atoms with Crippen molar-refractivity contribution >= 4 is 49.0 Å². The lowest BCUT2D eigenvalue weighted by Gasteiger charge is -2.05. The largest absolute Gasteiger partial charge is 0.493 e. The summed E-state index contributed by atoms with van der Waals surface area (Å²) in [5.41, 5.74) is 1.45. The number of benzene rings is 1. The lowest BCUT2D eigenvalue weighted by atomic mass is 10.2. The number of aromatic hydroxyl groups is 1.